The minimum atomic E-state index is -0.276. The molecule has 3 rings (SSSR count). The number of guanidine groups is 1. The Morgan fingerprint density at radius 3 is 2.42 bits per heavy atom. The number of aryl methyl sites for hydroxylation is 2. The molecule has 31 heavy (non-hydrogen) atoms. The first-order valence-corrected chi connectivity index (χ1v) is 9.99. The fraction of sp³-hybridized carbons (Fsp3) is 0.318. The number of hydrogen-bond donors (Lipinski definition) is 3. The Morgan fingerprint density at radius 1 is 1.06 bits per heavy atom. The number of furan rings is 1. The first kappa shape index (κ1) is 24.4. The van der Waals surface area contributed by atoms with Gasteiger partial charge < -0.3 is 24.9 Å². The van der Waals surface area contributed by atoms with Gasteiger partial charge in [-0.2, -0.15) is 0 Å². The zero-order chi connectivity index (χ0) is 21.3. The zero-order valence-electron chi connectivity index (χ0n) is 17.9. The SMILES string of the molecule is CCc1noc(CC)c1CNC(=NC)NCc1ccc(NC(=O)c2ccco2)cc1.I. The van der Waals surface area contributed by atoms with E-state index in [4.69, 9.17) is 8.94 Å². The molecule has 0 saturated heterocycles. The molecule has 0 bridgehead atoms. The highest BCUT2D eigenvalue weighted by atomic mass is 127. The lowest BCUT2D eigenvalue weighted by Crippen LogP contribution is -2.36. The highest BCUT2D eigenvalue weighted by molar-refractivity contribution is 14.0. The van der Waals surface area contributed by atoms with Gasteiger partial charge in [-0.3, -0.25) is 9.79 Å². The second-order valence-electron chi connectivity index (χ2n) is 6.65. The number of aromatic nitrogens is 1. The summed E-state index contributed by atoms with van der Waals surface area (Å²) in [5, 5.41) is 13.5. The number of carbonyl (C=O) groups excluding carboxylic acids is 1. The molecule has 3 N–H and O–H groups in total. The van der Waals surface area contributed by atoms with Crippen LogP contribution in [-0.2, 0) is 25.9 Å². The van der Waals surface area contributed by atoms with Crippen molar-refractivity contribution in [3.63, 3.8) is 0 Å². The highest BCUT2D eigenvalue weighted by Crippen LogP contribution is 2.15. The van der Waals surface area contributed by atoms with E-state index in [0.717, 1.165) is 35.4 Å². The van der Waals surface area contributed by atoms with Gasteiger partial charge in [0.1, 0.15) is 5.76 Å². The van der Waals surface area contributed by atoms with Crippen molar-refractivity contribution in [1.29, 1.82) is 0 Å². The average Bonchev–Trinajstić information content (AvgIpc) is 3.44. The van der Waals surface area contributed by atoms with Crippen LogP contribution in [0.4, 0.5) is 5.69 Å². The molecule has 0 saturated carbocycles. The first-order chi connectivity index (χ1) is 14.6. The number of benzene rings is 1. The summed E-state index contributed by atoms with van der Waals surface area (Å²) < 4.78 is 10.5. The largest absolute Gasteiger partial charge is 0.459 e. The maximum atomic E-state index is 12.0. The maximum Gasteiger partial charge on any atom is 0.291 e. The van der Waals surface area contributed by atoms with Gasteiger partial charge in [0.25, 0.3) is 5.91 Å². The second kappa shape index (κ2) is 12.1. The zero-order valence-corrected chi connectivity index (χ0v) is 20.2. The highest BCUT2D eigenvalue weighted by Gasteiger charge is 2.13. The summed E-state index contributed by atoms with van der Waals surface area (Å²) in [7, 11) is 1.73. The minimum Gasteiger partial charge on any atom is -0.459 e. The van der Waals surface area contributed by atoms with Gasteiger partial charge >= 0.3 is 0 Å². The molecule has 0 spiro atoms. The fourth-order valence-electron chi connectivity index (χ4n) is 3.02. The lowest BCUT2D eigenvalue weighted by atomic mass is 10.1. The molecule has 0 fully saturated rings. The van der Waals surface area contributed by atoms with Crippen LogP contribution in [0.5, 0.6) is 0 Å². The normalized spacial score (nSPS) is 11.0. The Bertz CT molecular complexity index is 960. The number of carbonyl (C=O) groups is 1. The summed E-state index contributed by atoms with van der Waals surface area (Å²) in [6.45, 7) is 5.32. The maximum absolute atomic E-state index is 12.0. The van der Waals surface area contributed by atoms with E-state index in [2.05, 4.69) is 39.9 Å². The van der Waals surface area contributed by atoms with E-state index in [1.54, 1.807) is 19.2 Å². The first-order valence-electron chi connectivity index (χ1n) is 9.99. The van der Waals surface area contributed by atoms with Crippen LogP contribution in [0.15, 0.2) is 56.6 Å². The van der Waals surface area contributed by atoms with Crippen molar-refractivity contribution >= 4 is 41.5 Å². The molecule has 1 amide bonds. The van der Waals surface area contributed by atoms with Crippen molar-refractivity contribution in [2.45, 2.75) is 39.8 Å². The molecule has 3 aromatic rings. The van der Waals surface area contributed by atoms with Gasteiger partial charge in [0.05, 0.1) is 12.0 Å². The third-order valence-corrected chi connectivity index (χ3v) is 4.68. The van der Waals surface area contributed by atoms with Crippen LogP contribution in [0.1, 0.15) is 47.0 Å². The van der Waals surface area contributed by atoms with Gasteiger partial charge in [-0.05, 0) is 36.2 Å². The predicted octanol–water partition coefficient (Wildman–Crippen LogP) is 4.13. The standard InChI is InChI=1S/C22H27N5O3.HI/c1-4-18-17(19(5-2)30-27-18)14-25-22(23-3)24-13-15-8-10-16(11-9-15)26-21(28)20-7-6-12-29-20;/h6-12H,4-5,13-14H2,1-3H3,(H,26,28)(H2,23,24,25);1H. The van der Waals surface area contributed by atoms with Crippen LogP contribution in [0.3, 0.4) is 0 Å². The number of anilines is 1. The van der Waals surface area contributed by atoms with Crippen LogP contribution in [0.25, 0.3) is 0 Å². The monoisotopic (exact) mass is 537 g/mol. The minimum absolute atomic E-state index is 0. The van der Waals surface area contributed by atoms with E-state index in [9.17, 15) is 4.79 Å². The summed E-state index contributed by atoms with van der Waals surface area (Å²) in [5.74, 6) is 1.60. The van der Waals surface area contributed by atoms with Crippen molar-refractivity contribution in [2.75, 3.05) is 12.4 Å². The van der Waals surface area contributed by atoms with Crippen molar-refractivity contribution in [3.8, 4) is 0 Å². The van der Waals surface area contributed by atoms with E-state index in [-0.39, 0.29) is 35.6 Å². The Hall–Kier alpha value is -2.82. The Labute approximate surface area is 198 Å². The fourth-order valence-corrected chi connectivity index (χ4v) is 3.02. The molecule has 0 unspecified atom stereocenters. The second-order valence-corrected chi connectivity index (χ2v) is 6.65. The van der Waals surface area contributed by atoms with E-state index in [1.165, 1.54) is 6.26 Å². The summed E-state index contributed by atoms with van der Waals surface area (Å²) in [6, 6.07) is 10.9. The summed E-state index contributed by atoms with van der Waals surface area (Å²) in [6.07, 6.45) is 3.11. The van der Waals surface area contributed by atoms with E-state index in [1.807, 2.05) is 24.3 Å². The summed E-state index contributed by atoms with van der Waals surface area (Å²) in [5.41, 5.74) is 3.83. The van der Waals surface area contributed by atoms with Crippen LogP contribution in [-0.4, -0.2) is 24.1 Å². The smallest absolute Gasteiger partial charge is 0.291 e. The van der Waals surface area contributed by atoms with E-state index in [0.29, 0.717) is 24.7 Å². The number of hydrogen-bond acceptors (Lipinski definition) is 5. The molecule has 2 heterocycles. The average molecular weight is 537 g/mol. The van der Waals surface area contributed by atoms with E-state index < -0.39 is 0 Å². The van der Waals surface area contributed by atoms with Crippen molar-refractivity contribution in [2.24, 2.45) is 4.99 Å². The van der Waals surface area contributed by atoms with Gasteiger partial charge in [0.2, 0.25) is 0 Å². The van der Waals surface area contributed by atoms with Crippen molar-refractivity contribution in [3.05, 3.63) is 71.0 Å². The van der Waals surface area contributed by atoms with Gasteiger partial charge in [-0.15, -0.1) is 24.0 Å². The third-order valence-electron chi connectivity index (χ3n) is 4.68. The van der Waals surface area contributed by atoms with Crippen LogP contribution in [0, 0.1) is 0 Å². The molecule has 9 heteroatoms. The number of nitrogens with one attached hydrogen (secondary N) is 3. The molecule has 1 aromatic carbocycles. The molecular weight excluding hydrogens is 509 g/mol. The molecule has 2 aromatic heterocycles. The molecule has 0 atom stereocenters. The quantitative estimate of drug-likeness (QED) is 0.227. The number of amides is 1. The molecule has 0 radical (unpaired) electrons. The Morgan fingerprint density at radius 2 is 1.81 bits per heavy atom. The number of rotatable bonds is 8. The number of nitrogens with zero attached hydrogens (tertiary/aromatic N) is 2. The van der Waals surface area contributed by atoms with E-state index >= 15 is 0 Å². The van der Waals surface area contributed by atoms with Crippen molar-refractivity contribution in [1.82, 2.24) is 15.8 Å². The van der Waals surface area contributed by atoms with Gasteiger partial charge in [0, 0.05) is 37.8 Å². The molecule has 8 nitrogen and oxygen atoms in total. The number of aliphatic imine (C=N–C) groups is 1. The lowest BCUT2D eigenvalue weighted by Gasteiger charge is -2.12. The molecule has 0 aliphatic heterocycles. The molecule has 0 aliphatic carbocycles. The van der Waals surface area contributed by atoms with Gasteiger partial charge in [0.15, 0.2) is 11.7 Å². The predicted molar refractivity (Wildman–Crippen MR) is 131 cm³/mol. The Kier molecular flexibility index (Phi) is 9.57. The Balaban J connectivity index is 0.00000341. The molecule has 166 valence electrons. The van der Waals surface area contributed by atoms with Gasteiger partial charge in [-0.1, -0.05) is 31.1 Å². The summed E-state index contributed by atoms with van der Waals surface area (Å²) in [4.78, 5) is 16.3. The van der Waals surface area contributed by atoms with Gasteiger partial charge in [-0.25, -0.2) is 0 Å². The van der Waals surface area contributed by atoms with Crippen LogP contribution >= 0.6 is 24.0 Å². The summed E-state index contributed by atoms with van der Waals surface area (Å²) >= 11 is 0. The number of halogens is 1. The lowest BCUT2D eigenvalue weighted by molar-refractivity contribution is 0.0996. The van der Waals surface area contributed by atoms with Crippen LogP contribution in [0.2, 0.25) is 0 Å². The topological polar surface area (TPSA) is 105 Å². The third kappa shape index (κ3) is 6.58. The molecule has 0 aliphatic rings. The van der Waals surface area contributed by atoms with Crippen molar-refractivity contribution < 1.29 is 13.7 Å². The van der Waals surface area contributed by atoms with Crippen LogP contribution < -0.4 is 16.0 Å². The molecular formula is C22H28IN5O3.